The maximum atomic E-state index is 12.4. The Hall–Kier alpha value is -1.73. The fraction of sp³-hybridized carbons (Fsp3) is 0.529. The highest BCUT2D eigenvalue weighted by atomic mass is 32.2. The Morgan fingerprint density at radius 1 is 1.08 bits per heavy atom. The van der Waals surface area contributed by atoms with Gasteiger partial charge in [-0.05, 0) is 29.5 Å². The molecule has 0 radical (unpaired) electrons. The van der Waals surface area contributed by atoms with Crippen LogP contribution in [0.15, 0.2) is 24.3 Å². The molecule has 0 aromatic heterocycles. The second-order valence-electron chi connectivity index (χ2n) is 6.15. The molecule has 1 rings (SSSR count). The van der Waals surface area contributed by atoms with E-state index in [4.69, 9.17) is 4.18 Å². The third kappa shape index (κ3) is 6.05. The second kappa shape index (κ2) is 8.39. The van der Waals surface area contributed by atoms with Gasteiger partial charge >= 0.3 is 5.97 Å². The van der Waals surface area contributed by atoms with E-state index in [1.54, 1.807) is 38.1 Å². The molecule has 1 aromatic carbocycles. The molecule has 0 saturated carbocycles. The normalized spacial score (nSPS) is 14.2. The fourth-order valence-corrected chi connectivity index (χ4v) is 3.03. The number of ketones is 1. The summed E-state index contributed by atoms with van der Waals surface area (Å²) in [4.78, 5) is 23.8. The fourth-order valence-electron chi connectivity index (χ4n) is 2.33. The predicted molar refractivity (Wildman–Crippen MR) is 90.4 cm³/mol. The largest absolute Gasteiger partial charge is 0.465 e. The van der Waals surface area contributed by atoms with E-state index in [1.807, 2.05) is 6.92 Å². The van der Waals surface area contributed by atoms with Crippen molar-refractivity contribution < 1.29 is 26.9 Å². The zero-order chi connectivity index (χ0) is 18.5. The Bertz CT molecular complexity index is 676. The van der Waals surface area contributed by atoms with E-state index in [2.05, 4.69) is 4.74 Å². The molecule has 2 atom stereocenters. The average molecular weight is 356 g/mol. The zero-order valence-corrected chi connectivity index (χ0v) is 15.4. The number of hydrogen-bond acceptors (Lipinski definition) is 6. The third-order valence-electron chi connectivity index (χ3n) is 3.61. The van der Waals surface area contributed by atoms with Crippen LogP contribution in [0, 0.1) is 5.92 Å². The van der Waals surface area contributed by atoms with E-state index in [0.717, 1.165) is 11.8 Å². The molecule has 0 aliphatic carbocycles. The molecule has 0 fully saturated rings. The van der Waals surface area contributed by atoms with Crippen LogP contribution in [0.2, 0.25) is 0 Å². The van der Waals surface area contributed by atoms with E-state index >= 15 is 0 Å². The van der Waals surface area contributed by atoms with Gasteiger partial charge in [-0.25, -0.2) is 4.79 Å². The van der Waals surface area contributed by atoms with Gasteiger partial charge in [0.1, 0.15) is 6.10 Å². The summed E-state index contributed by atoms with van der Waals surface area (Å²) in [5.74, 6) is -1.07. The van der Waals surface area contributed by atoms with Crippen LogP contribution >= 0.6 is 0 Å². The van der Waals surface area contributed by atoms with Crippen molar-refractivity contribution in [2.24, 2.45) is 5.92 Å². The first-order chi connectivity index (χ1) is 11.0. The summed E-state index contributed by atoms with van der Waals surface area (Å²) < 4.78 is 32.2. The van der Waals surface area contributed by atoms with E-state index in [9.17, 15) is 18.0 Å². The van der Waals surface area contributed by atoms with Gasteiger partial charge in [-0.1, -0.05) is 32.9 Å². The molecule has 0 N–H and O–H groups in total. The maximum absolute atomic E-state index is 12.4. The Morgan fingerprint density at radius 2 is 1.62 bits per heavy atom. The Labute approximate surface area is 143 Å². The third-order valence-corrected chi connectivity index (χ3v) is 4.17. The van der Waals surface area contributed by atoms with Crippen molar-refractivity contribution in [2.45, 2.75) is 39.2 Å². The lowest BCUT2D eigenvalue weighted by molar-refractivity contribution is -0.127. The lowest BCUT2D eigenvalue weighted by atomic mass is 9.91. The zero-order valence-electron chi connectivity index (χ0n) is 14.6. The standard InChI is InChI=1S/C17H24O6S/c1-11(2)16(23-24(5,20)21)15(18)10-12(3)13-6-8-14(9-7-13)17(19)22-4/h6-9,11-12,16H,10H2,1-5H3/t12-,16-/m1/s1. The van der Waals surface area contributed by atoms with Crippen molar-refractivity contribution >= 4 is 21.9 Å². The van der Waals surface area contributed by atoms with Crippen LogP contribution in [0.5, 0.6) is 0 Å². The highest BCUT2D eigenvalue weighted by Crippen LogP contribution is 2.23. The summed E-state index contributed by atoms with van der Waals surface area (Å²) in [6.07, 6.45) is 0.0948. The van der Waals surface area contributed by atoms with Crippen molar-refractivity contribution in [3.05, 3.63) is 35.4 Å². The number of Topliss-reactive ketones (excluding diaryl/α,β-unsaturated/α-hetero) is 1. The van der Waals surface area contributed by atoms with Crippen molar-refractivity contribution in [2.75, 3.05) is 13.4 Å². The molecule has 7 heteroatoms. The lowest BCUT2D eigenvalue weighted by Gasteiger charge is -2.21. The molecular weight excluding hydrogens is 332 g/mol. The van der Waals surface area contributed by atoms with E-state index in [0.29, 0.717) is 5.56 Å². The molecular formula is C17H24O6S. The first-order valence-corrected chi connectivity index (χ1v) is 9.46. The minimum atomic E-state index is -3.70. The molecule has 0 aliphatic rings. The minimum absolute atomic E-state index is 0.131. The number of carbonyl (C=O) groups excluding carboxylic acids is 2. The number of esters is 1. The molecule has 0 heterocycles. The molecule has 1 aromatic rings. The monoisotopic (exact) mass is 356 g/mol. The van der Waals surface area contributed by atoms with Gasteiger partial charge in [-0.3, -0.25) is 8.98 Å². The number of hydrogen-bond donors (Lipinski definition) is 0. The predicted octanol–water partition coefficient (Wildman–Crippen LogP) is 2.54. The molecule has 134 valence electrons. The SMILES string of the molecule is COC(=O)c1ccc([C@H](C)CC(=O)[C@H](OS(C)(=O)=O)C(C)C)cc1. The lowest BCUT2D eigenvalue weighted by Crippen LogP contribution is -2.32. The van der Waals surface area contributed by atoms with Crippen LogP contribution in [0.25, 0.3) is 0 Å². The highest BCUT2D eigenvalue weighted by Gasteiger charge is 2.28. The average Bonchev–Trinajstić information content (AvgIpc) is 2.50. The second-order valence-corrected chi connectivity index (χ2v) is 7.75. The van der Waals surface area contributed by atoms with Gasteiger partial charge in [0.2, 0.25) is 0 Å². The van der Waals surface area contributed by atoms with Gasteiger partial charge in [0.15, 0.2) is 5.78 Å². The maximum Gasteiger partial charge on any atom is 0.337 e. The smallest absolute Gasteiger partial charge is 0.337 e. The van der Waals surface area contributed by atoms with Gasteiger partial charge in [-0.2, -0.15) is 8.42 Å². The van der Waals surface area contributed by atoms with Gasteiger partial charge in [0.05, 0.1) is 18.9 Å². The topological polar surface area (TPSA) is 86.7 Å². The van der Waals surface area contributed by atoms with Crippen LogP contribution in [0.1, 0.15) is 49.0 Å². The molecule has 0 amide bonds. The number of benzene rings is 1. The minimum Gasteiger partial charge on any atom is -0.465 e. The van der Waals surface area contributed by atoms with Crippen molar-refractivity contribution in [1.29, 1.82) is 0 Å². The molecule has 0 aliphatic heterocycles. The Balaban J connectivity index is 2.83. The Kier molecular flexibility index (Phi) is 7.10. The quantitative estimate of drug-likeness (QED) is 0.525. The van der Waals surface area contributed by atoms with Crippen LogP contribution in [0.3, 0.4) is 0 Å². The number of ether oxygens (including phenoxy) is 1. The number of carbonyl (C=O) groups is 2. The molecule has 0 bridgehead atoms. The molecule has 0 saturated heterocycles. The summed E-state index contributed by atoms with van der Waals surface area (Å²) in [7, 11) is -2.39. The van der Waals surface area contributed by atoms with Crippen LogP contribution in [-0.2, 0) is 23.8 Å². The molecule has 24 heavy (non-hydrogen) atoms. The van der Waals surface area contributed by atoms with Gasteiger partial charge in [0, 0.05) is 6.42 Å². The molecule has 0 spiro atoms. The van der Waals surface area contributed by atoms with Crippen LogP contribution in [-0.4, -0.2) is 39.6 Å². The van der Waals surface area contributed by atoms with Gasteiger partial charge < -0.3 is 4.74 Å². The van der Waals surface area contributed by atoms with Crippen LogP contribution < -0.4 is 0 Å². The van der Waals surface area contributed by atoms with E-state index < -0.39 is 22.2 Å². The first-order valence-electron chi connectivity index (χ1n) is 7.64. The number of methoxy groups -OCH3 is 1. The summed E-state index contributed by atoms with van der Waals surface area (Å²) in [5.41, 5.74) is 1.30. The van der Waals surface area contributed by atoms with E-state index in [1.165, 1.54) is 7.11 Å². The van der Waals surface area contributed by atoms with Crippen molar-refractivity contribution in [3.63, 3.8) is 0 Å². The Morgan fingerprint density at radius 3 is 2.04 bits per heavy atom. The molecule has 0 unspecified atom stereocenters. The molecule has 6 nitrogen and oxygen atoms in total. The van der Waals surface area contributed by atoms with Gasteiger partial charge in [-0.15, -0.1) is 0 Å². The highest BCUT2D eigenvalue weighted by molar-refractivity contribution is 7.86. The summed E-state index contributed by atoms with van der Waals surface area (Å²) in [6.45, 7) is 5.34. The summed E-state index contributed by atoms with van der Waals surface area (Å²) in [5, 5.41) is 0. The van der Waals surface area contributed by atoms with E-state index in [-0.39, 0.29) is 24.0 Å². The number of rotatable bonds is 8. The van der Waals surface area contributed by atoms with Crippen molar-refractivity contribution in [3.8, 4) is 0 Å². The summed E-state index contributed by atoms with van der Waals surface area (Å²) in [6, 6.07) is 6.78. The first kappa shape index (κ1) is 20.3. The van der Waals surface area contributed by atoms with Crippen molar-refractivity contribution in [1.82, 2.24) is 0 Å². The van der Waals surface area contributed by atoms with Gasteiger partial charge in [0.25, 0.3) is 10.1 Å². The summed E-state index contributed by atoms with van der Waals surface area (Å²) >= 11 is 0. The van der Waals surface area contributed by atoms with Crippen LogP contribution in [0.4, 0.5) is 0 Å².